The minimum atomic E-state index is -2.79. The Kier molecular flexibility index (Phi) is 3.81. The van der Waals surface area contributed by atoms with Crippen molar-refractivity contribution in [1.29, 1.82) is 0 Å². The molecule has 0 rings (SSSR count). The van der Waals surface area contributed by atoms with E-state index in [1.807, 2.05) is 6.92 Å². The zero-order valence-corrected chi connectivity index (χ0v) is 6.61. The Bertz CT molecular complexity index is 150. The standard InChI is InChI=1S/C5H12NO2S/c1-3-6-4-5-9(2,7)8/h3-5H2,1-2H3. The van der Waals surface area contributed by atoms with Crippen LogP contribution in [0.1, 0.15) is 6.92 Å². The summed E-state index contributed by atoms with van der Waals surface area (Å²) in [5.41, 5.74) is 0. The van der Waals surface area contributed by atoms with E-state index in [0.29, 0.717) is 13.1 Å². The lowest BCUT2D eigenvalue weighted by Gasteiger charge is -1.95. The maximum absolute atomic E-state index is 10.4. The fourth-order valence-corrected chi connectivity index (χ4v) is 0.849. The zero-order valence-electron chi connectivity index (χ0n) is 5.79. The summed E-state index contributed by atoms with van der Waals surface area (Å²) in [6.07, 6.45) is 1.22. The molecule has 1 radical (unpaired) electrons. The molecule has 0 N–H and O–H groups in total. The maximum atomic E-state index is 10.4. The summed E-state index contributed by atoms with van der Waals surface area (Å²) in [6.45, 7) is 3.03. The molecule has 4 heteroatoms. The largest absolute Gasteiger partial charge is 0.241 e. The SMILES string of the molecule is CC[N]CCS(C)(=O)=O. The van der Waals surface area contributed by atoms with Crippen LogP contribution in [0.15, 0.2) is 0 Å². The number of hydrogen-bond donors (Lipinski definition) is 0. The van der Waals surface area contributed by atoms with Crippen molar-refractivity contribution in [3.8, 4) is 0 Å². The molecule has 0 saturated heterocycles. The van der Waals surface area contributed by atoms with Crippen LogP contribution in [0.3, 0.4) is 0 Å². The highest BCUT2D eigenvalue weighted by atomic mass is 32.2. The molecule has 0 aromatic heterocycles. The van der Waals surface area contributed by atoms with E-state index in [1.165, 1.54) is 6.26 Å². The van der Waals surface area contributed by atoms with Gasteiger partial charge < -0.3 is 0 Å². The van der Waals surface area contributed by atoms with Crippen LogP contribution >= 0.6 is 0 Å². The van der Waals surface area contributed by atoms with Crippen LogP contribution in [0.5, 0.6) is 0 Å². The lowest BCUT2D eigenvalue weighted by Crippen LogP contribution is -2.15. The molecule has 0 aliphatic heterocycles. The number of nitrogens with zero attached hydrogens (tertiary/aromatic N) is 1. The number of rotatable bonds is 4. The Hall–Kier alpha value is -0.0900. The molecule has 0 atom stereocenters. The van der Waals surface area contributed by atoms with Crippen LogP contribution in [-0.2, 0) is 9.84 Å². The van der Waals surface area contributed by atoms with Gasteiger partial charge in [-0.3, -0.25) is 0 Å². The van der Waals surface area contributed by atoms with Crippen molar-refractivity contribution in [2.24, 2.45) is 0 Å². The van der Waals surface area contributed by atoms with Gasteiger partial charge in [0.05, 0.1) is 5.75 Å². The minimum absolute atomic E-state index is 0.181. The second-order valence-corrected chi connectivity index (χ2v) is 4.15. The van der Waals surface area contributed by atoms with Crippen molar-refractivity contribution in [2.45, 2.75) is 6.92 Å². The van der Waals surface area contributed by atoms with Gasteiger partial charge in [0, 0.05) is 19.3 Å². The van der Waals surface area contributed by atoms with E-state index in [-0.39, 0.29) is 5.75 Å². The van der Waals surface area contributed by atoms with Gasteiger partial charge in [0.2, 0.25) is 0 Å². The molecule has 0 aliphatic rings. The van der Waals surface area contributed by atoms with Crippen molar-refractivity contribution < 1.29 is 8.42 Å². The number of sulfone groups is 1. The summed E-state index contributed by atoms with van der Waals surface area (Å²) in [5, 5.41) is 3.88. The molecule has 0 saturated carbocycles. The summed E-state index contributed by atoms with van der Waals surface area (Å²) in [4.78, 5) is 0. The van der Waals surface area contributed by atoms with Crippen molar-refractivity contribution in [2.75, 3.05) is 25.1 Å². The Morgan fingerprint density at radius 1 is 1.44 bits per heavy atom. The average Bonchev–Trinajstić information content (AvgIpc) is 1.63. The molecule has 0 amide bonds. The van der Waals surface area contributed by atoms with E-state index in [4.69, 9.17) is 0 Å². The van der Waals surface area contributed by atoms with Gasteiger partial charge in [-0.15, -0.1) is 0 Å². The molecule has 0 spiro atoms. The maximum Gasteiger partial charge on any atom is 0.148 e. The van der Waals surface area contributed by atoms with E-state index in [1.54, 1.807) is 0 Å². The molecule has 9 heavy (non-hydrogen) atoms. The first-order valence-electron chi connectivity index (χ1n) is 2.87. The first-order chi connectivity index (χ1) is 4.06. The van der Waals surface area contributed by atoms with Crippen molar-refractivity contribution in [3.63, 3.8) is 0 Å². The summed E-state index contributed by atoms with van der Waals surface area (Å²) in [7, 11) is -2.79. The van der Waals surface area contributed by atoms with Crippen molar-refractivity contribution >= 4 is 9.84 Å². The lowest BCUT2D eigenvalue weighted by atomic mass is 10.7. The first kappa shape index (κ1) is 8.91. The van der Waals surface area contributed by atoms with Crippen LogP contribution in [0.25, 0.3) is 0 Å². The van der Waals surface area contributed by atoms with Gasteiger partial charge in [-0.25, -0.2) is 13.7 Å². The molecule has 0 heterocycles. The Labute approximate surface area is 56.4 Å². The van der Waals surface area contributed by atoms with Gasteiger partial charge in [-0.2, -0.15) is 0 Å². The van der Waals surface area contributed by atoms with Gasteiger partial charge in [0.25, 0.3) is 0 Å². The van der Waals surface area contributed by atoms with Gasteiger partial charge in [0.15, 0.2) is 0 Å². The minimum Gasteiger partial charge on any atom is -0.241 e. The molecule has 0 fully saturated rings. The summed E-state index contributed by atoms with van der Waals surface area (Å²) >= 11 is 0. The summed E-state index contributed by atoms with van der Waals surface area (Å²) < 4.78 is 20.9. The van der Waals surface area contributed by atoms with Crippen molar-refractivity contribution in [3.05, 3.63) is 0 Å². The van der Waals surface area contributed by atoms with Gasteiger partial charge in [0.1, 0.15) is 9.84 Å². The predicted molar refractivity (Wildman–Crippen MR) is 37.3 cm³/mol. The van der Waals surface area contributed by atoms with E-state index >= 15 is 0 Å². The van der Waals surface area contributed by atoms with Crippen LogP contribution in [0, 0.1) is 0 Å². The second-order valence-electron chi connectivity index (χ2n) is 1.89. The fraction of sp³-hybridized carbons (Fsp3) is 1.00. The van der Waals surface area contributed by atoms with Crippen LogP contribution < -0.4 is 5.32 Å². The highest BCUT2D eigenvalue weighted by Crippen LogP contribution is 1.79. The fourth-order valence-electron chi connectivity index (χ4n) is 0.388. The monoisotopic (exact) mass is 150 g/mol. The molecule has 55 valence electrons. The first-order valence-corrected chi connectivity index (χ1v) is 4.93. The van der Waals surface area contributed by atoms with Crippen LogP contribution in [0.2, 0.25) is 0 Å². The molecular formula is C5H12NO2S. The summed E-state index contributed by atoms with van der Waals surface area (Å²) in [6, 6.07) is 0. The third-order valence-corrected chi connectivity index (χ3v) is 1.77. The third kappa shape index (κ3) is 7.91. The molecule has 3 nitrogen and oxygen atoms in total. The van der Waals surface area contributed by atoms with E-state index in [2.05, 4.69) is 5.32 Å². The van der Waals surface area contributed by atoms with Gasteiger partial charge in [-0.05, 0) is 0 Å². The summed E-state index contributed by atoms with van der Waals surface area (Å²) in [5.74, 6) is 0.181. The van der Waals surface area contributed by atoms with Crippen LogP contribution in [0.4, 0.5) is 0 Å². The van der Waals surface area contributed by atoms with E-state index < -0.39 is 9.84 Å². The van der Waals surface area contributed by atoms with Gasteiger partial charge >= 0.3 is 0 Å². The molecule has 0 unspecified atom stereocenters. The Morgan fingerprint density at radius 3 is 2.33 bits per heavy atom. The Balaban J connectivity index is 3.30. The molecule has 0 aliphatic carbocycles. The number of hydrogen-bond acceptors (Lipinski definition) is 2. The molecule has 0 aromatic rings. The molecule has 0 bridgehead atoms. The highest BCUT2D eigenvalue weighted by molar-refractivity contribution is 7.90. The second kappa shape index (κ2) is 3.85. The van der Waals surface area contributed by atoms with Crippen LogP contribution in [-0.4, -0.2) is 33.5 Å². The lowest BCUT2D eigenvalue weighted by molar-refractivity contribution is 0.597. The molecule has 0 aromatic carbocycles. The van der Waals surface area contributed by atoms with E-state index in [0.717, 1.165) is 0 Å². The predicted octanol–water partition coefficient (Wildman–Crippen LogP) is -0.345. The quantitative estimate of drug-likeness (QED) is 0.514. The van der Waals surface area contributed by atoms with Gasteiger partial charge in [-0.1, -0.05) is 6.92 Å². The zero-order chi connectivity index (χ0) is 7.33. The third-order valence-electron chi connectivity index (χ3n) is 0.844. The Morgan fingerprint density at radius 2 is 2.00 bits per heavy atom. The smallest absolute Gasteiger partial charge is 0.148 e. The normalized spacial score (nSPS) is 11.8. The molecular weight excluding hydrogens is 138 g/mol. The average molecular weight is 150 g/mol. The topological polar surface area (TPSA) is 48.2 Å². The van der Waals surface area contributed by atoms with E-state index in [9.17, 15) is 8.42 Å². The van der Waals surface area contributed by atoms with Crippen molar-refractivity contribution in [1.82, 2.24) is 5.32 Å². The highest BCUT2D eigenvalue weighted by Gasteiger charge is 1.99.